The second-order valence-electron chi connectivity index (χ2n) is 3.02. The smallest absolute Gasteiger partial charge is 0.268 e. The lowest BCUT2D eigenvalue weighted by atomic mass is 10.2. The van der Waals surface area contributed by atoms with Gasteiger partial charge in [-0.15, -0.1) is 0 Å². The Kier molecular flexibility index (Phi) is 3.12. The van der Waals surface area contributed by atoms with Crippen molar-refractivity contribution in [3.05, 3.63) is 52.5 Å². The average molecular weight is 256 g/mol. The summed E-state index contributed by atoms with van der Waals surface area (Å²) in [6.45, 7) is 0. The first-order valence-electron chi connectivity index (χ1n) is 4.42. The van der Waals surface area contributed by atoms with E-state index < -0.39 is 0 Å². The fraction of sp³-hybridized carbons (Fsp3) is 0. The zero-order valence-electron chi connectivity index (χ0n) is 8.02. The molecule has 4 nitrogen and oxygen atoms in total. The summed E-state index contributed by atoms with van der Waals surface area (Å²) in [5.41, 5.74) is 2.90. The predicted octanol–water partition coefficient (Wildman–Crippen LogP) is 2.57. The second-order valence-corrected chi connectivity index (χ2v) is 3.81. The van der Waals surface area contributed by atoms with Crippen molar-refractivity contribution in [2.24, 2.45) is 0 Å². The Balaban J connectivity index is 2.24. The molecule has 2 aromatic heterocycles. The van der Waals surface area contributed by atoms with Crippen molar-refractivity contribution in [1.29, 1.82) is 0 Å². The molecule has 6 heteroatoms. The largest absolute Gasteiger partial charge is 0.271 e. The topological polar surface area (TPSA) is 46.9 Å². The van der Waals surface area contributed by atoms with Gasteiger partial charge in [-0.1, -0.05) is 23.2 Å². The quantitative estimate of drug-likeness (QED) is 0.839. The van der Waals surface area contributed by atoms with Crippen molar-refractivity contribution in [2.75, 3.05) is 5.43 Å². The van der Waals surface area contributed by atoms with E-state index in [1.54, 1.807) is 24.5 Å². The summed E-state index contributed by atoms with van der Waals surface area (Å²) >= 11 is 11.5. The maximum Gasteiger partial charge on any atom is 0.271 e. The average Bonchev–Trinajstić information content (AvgIpc) is 2.74. The Bertz CT molecular complexity index is 511. The third kappa shape index (κ3) is 2.35. The number of rotatable bonds is 2. The summed E-state index contributed by atoms with van der Waals surface area (Å²) in [4.78, 5) is 15.5. The van der Waals surface area contributed by atoms with E-state index in [1.165, 1.54) is 16.9 Å². The Hall–Kier alpha value is -1.52. The minimum atomic E-state index is -0.342. The number of pyridine rings is 1. The van der Waals surface area contributed by atoms with E-state index >= 15 is 0 Å². The number of nitrogens with zero attached hydrogens (tertiary/aromatic N) is 2. The van der Waals surface area contributed by atoms with Crippen LogP contribution in [0.15, 0.2) is 36.8 Å². The van der Waals surface area contributed by atoms with Crippen LogP contribution in [0.3, 0.4) is 0 Å². The lowest BCUT2D eigenvalue weighted by Crippen LogP contribution is -2.21. The standard InChI is InChI=1S/C10H7Cl2N3O/c11-8-6-13-9(12)5-7(8)10(16)14-15-3-1-2-4-15/h1-6H,(H,14,16). The minimum Gasteiger partial charge on any atom is -0.268 e. The molecule has 0 aromatic carbocycles. The molecule has 0 radical (unpaired) electrons. The van der Waals surface area contributed by atoms with E-state index in [0.29, 0.717) is 0 Å². The van der Waals surface area contributed by atoms with Crippen molar-refractivity contribution in [1.82, 2.24) is 9.66 Å². The van der Waals surface area contributed by atoms with Crippen LogP contribution < -0.4 is 5.43 Å². The van der Waals surface area contributed by atoms with Crippen LogP contribution in [-0.4, -0.2) is 15.6 Å². The van der Waals surface area contributed by atoms with Crippen molar-refractivity contribution >= 4 is 29.1 Å². The third-order valence-electron chi connectivity index (χ3n) is 1.90. The van der Waals surface area contributed by atoms with Crippen LogP contribution in [0.1, 0.15) is 10.4 Å². The Morgan fingerprint density at radius 2 is 2.00 bits per heavy atom. The predicted molar refractivity (Wildman–Crippen MR) is 62.4 cm³/mol. The van der Waals surface area contributed by atoms with E-state index in [4.69, 9.17) is 23.2 Å². The fourth-order valence-corrected chi connectivity index (χ4v) is 1.52. The molecule has 2 aromatic rings. The van der Waals surface area contributed by atoms with Gasteiger partial charge in [0.15, 0.2) is 0 Å². The first-order valence-corrected chi connectivity index (χ1v) is 5.18. The number of amides is 1. The van der Waals surface area contributed by atoms with Gasteiger partial charge in [0.25, 0.3) is 5.91 Å². The van der Waals surface area contributed by atoms with Crippen LogP contribution in [0.2, 0.25) is 10.2 Å². The van der Waals surface area contributed by atoms with Crippen LogP contribution in [0, 0.1) is 0 Å². The van der Waals surface area contributed by atoms with Gasteiger partial charge in [0.1, 0.15) is 5.15 Å². The van der Waals surface area contributed by atoms with Crippen molar-refractivity contribution in [3.8, 4) is 0 Å². The molecule has 2 heterocycles. The van der Waals surface area contributed by atoms with Crippen molar-refractivity contribution in [3.63, 3.8) is 0 Å². The van der Waals surface area contributed by atoms with Gasteiger partial charge in [0.05, 0.1) is 10.6 Å². The molecular weight excluding hydrogens is 249 g/mol. The summed E-state index contributed by atoms with van der Waals surface area (Å²) in [6, 6.07) is 5.01. The van der Waals surface area contributed by atoms with E-state index in [0.717, 1.165) is 0 Å². The van der Waals surface area contributed by atoms with Gasteiger partial charge < -0.3 is 0 Å². The lowest BCUT2D eigenvalue weighted by Gasteiger charge is -2.07. The molecule has 0 aliphatic heterocycles. The van der Waals surface area contributed by atoms with Gasteiger partial charge in [-0.3, -0.25) is 14.9 Å². The second kappa shape index (κ2) is 4.55. The van der Waals surface area contributed by atoms with Crippen LogP contribution in [0.25, 0.3) is 0 Å². The molecule has 0 bridgehead atoms. The highest BCUT2D eigenvalue weighted by Gasteiger charge is 2.11. The van der Waals surface area contributed by atoms with Crippen molar-refractivity contribution in [2.45, 2.75) is 0 Å². The van der Waals surface area contributed by atoms with E-state index in [9.17, 15) is 4.79 Å². The molecule has 0 saturated heterocycles. The molecular formula is C10H7Cl2N3O. The highest BCUT2D eigenvalue weighted by molar-refractivity contribution is 6.35. The van der Waals surface area contributed by atoms with Gasteiger partial charge in [0.2, 0.25) is 0 Å². The monoisotopic (exact) mass is 255 g/mol. The number of hydrogen-bond donors (Lipinski definition) is 1. The molecule has 0 aliphatic rings. The van der Waals surface area contributed by atoms with Crippen LogP contribution in [0.4, 0.5) is 0 Å². The maximum atomic E-state index is 11.8. The molecule has 0 spiro atoms. The molecule has 1 amide bonds. The number of hydrogen-bond acceptors (Lipinski definition) is 2. The van der Waals surface area contributed by atoms with E-state index in [1.807, 2.05) is 0 Å². The molecule has 0 atom stereocenters. The SMILES string of the molecule is O=C(Nn1cccc1)c1cc(Cl)ncc1Cl. The molecule has 0 aliphatic carbocycles. The van der Waals surface area contributed by atoms with Crippen LogP contribution in [0.5, 0.6) is 0 Å². The summed E-state index contributed by atoms with van der Waals surface area (Å²) in [5, 5.41) is 0.483. The highest BCUT2D eigenvalue weighted by atomic mass is 35.5. The van der Waals surface area contributed by atoms with Gasteiger partial charge in [-0.2, -0.15) is 0 Å². The molecule has 0 fully saturated rings. The first kappa shape index (κ1) is 11.0. The molecule has 2 rings (SSSR count). The highest BCUT2D eigenvalue weighted by Crippen LogP contribution is 2.18. The van der Waals surface area contributed by atoms with Gasteiger partial charge >= 0.3 is 0 Å². The van der Waals surface area contributed by atoms with Gasteiger partial charge in [0, 0.05) is 18.6 Å². The first-order chi connectivity index (χ1) is 7.66. The van der Waals surface area contributed by atoms with Gasteiger partial charge in [-0.05, 0) is 18.2 Å². The number of aromatic nitrogens is 2. The van der Waals surface area contributed by atoms with Gasteiger partial charge in [-0.25, -0.2) is 4.98 Å². The zero-order chi connectivity index (χ0) is 11.5. The molecule has 0 unspecified atom stereocenters. The number of halogens is 2. The third-order valence-corrected chi connectivity index (χ3v) is 2.41. The Morgan fingerprint density at radius 1 is 1.31 bits per heavy atom. The van der Waals surface area contributed by atoms with E-state index in [-0.39, 0.29) is 21.6 Å². The lowest BCUT2D eigenvalue weighted by molar-refractivity contribution is 0.101. The number of carbonyl (C=O) groups excluding carboxylic acids is 1. The molecule has 1 N–H and O–H groups in total. The van der Waals surface area contributed by atoms with E-state index in [2.05, 4.69) is 10.4 Å². The maximum absolute atomic E-state index is 11.8. The van der Waals surface area contributed by atoms with Crippen LogP contribution >= 0.6 is 23.2 Å². The zero-order valence-corrected chi connectivity index (χ0v) is 9.53. The van der Waals surface area contributed by atoms with Crippen LogP contribution in [-0.2, 0) is 0 Å². The minimum absolute atomic E-state index is 0.224. The summed E-state index contributed by atoms with van der Waals surface area (Å²) in [6.07, 6.45) is 4.75. The fourth-order valence-electron chi connectivity index (χ4n) is 1.17. The van der Waals surface area contributed by atoms with Crippen molar-refractivity contribution < 1.29 is 4.79 Å². The normalized spacial score (nSPS) is 10.1. The number of nitrogens with one attached hydrogen (secondary N) is 1. The summed E-state index contributed by atoms with van der Waals surface area (Å²) in [7, 11) is 0. The molecule has 82 valence electrons. The molecule has 0 saturated carbocycles. The summed E-state index contributed by atoms with van der Waals surface area (Å²) in [5.74, 6) is -0.342. The molecule has 16 heavy (non-hydrogen) atoms. The number of carbonyl (C=O) groups is 1. The Labute approximate surface area is 102 Å². The summed E-state index contributed by atoms with van der Waals surface area (Å²) < 4.78 is 1.52. The Morgan fingerprint density at radius 3 is 2.69 bits per heavy atom.